The second-order valence-electron chi connectivity index (χ2n) is 7.39. The number of nitrogens with zero attached hydrogens (tertiary/aromatic N) is 2. The van der Waals surface area contributed by atoms with Crippen LogP contribution in [0.2, 0.25) is 0 Å². The molecule has 0 aliphatic rings. The fraction of sp³-hybridized carbons (Fsp3) is 0.333. The van der Waals surface area contributed by atoms with Gasteiger partial charge >= 0.3 is 0 Å². The summed E-state index contributed by atoms with van der Waals surface area (Å²) in [4.78, 5) is 28.1. The van der Waals surface area contributed by atoms with E-state index in [2.05, 4.69) is 29.6 Å². The standard InChI is InChI=1S/C21H26N4O2/c1-12(2)24-10-14(4)19-16(7-6-8-18(19)24)21(27)25(22)11-17-13(3)9-15(5)23-20(17)26/h6-10,12H,11,22H2,1-5H3,(H,23,26). The first-order valence-corrected chi connectivity index (χ1v) is 9.06. The molecule has 3 N–H and O–H groups in total. The molecule has 3 rings (SSSR count). The van der Waals surface area contributed by atoms with E-state index in [-0.39, 0.29) is 24.1 Å². The first-order valence-electron chi connectivity index (χ1n) is 9.06. The van der Waals surface area contributed by atoms with Crippen molar-refractivity contribution in [3.8, 4) is 0 Å². The molecule has 0 atom stereocenters. The Hall–Kier alpha value is -2.86. The number of H-pyrrole nitrogens is 1. The van der Waals surface area contributed by atoms with Crippen LogP contribution in [0.25, 0.3) is 10.9 Å². The second kappa shape index (κ2) is 7.04. The number of nitrogens with one attached hydrogen (secondary N) is 1. The van der Waals surface area contributed by atoms with Gasteiger partial charge in [-0.3, -0.25) is 14.6 Å². The number of fused-ring (bicyclic) bond motifs is 1. The predicted molar refractivity (Wildman–Crippen MR) is 108 cm³/mol. The van der Waals surface area contributed by atoms with E-state index in [9.17, 15) is 9.59 Å². The maximum atomic E-state index is 13.1. The van der Waals surface area contributed by atoms with Crippen molar-refractivity contribution in [2.75, 3.05) is 0 Å². The largest absolute Gasteiger partial charge is 0.345 e. The van der Waals surface area contributed by atoms with Crippen LogP contribution < -0.4 is 11.4 Å². The summed E-state index contributed by atoms with van der Waals surface area (Å²) in [6.45, 7) is 9.94. The zero-order chi connectivity index (χ0) is 19.9. The third kappa shape index (κ3) is 3.40. The normalized spacial score (nSPS) is 11.4. The summed E-state index contributed by atoms with van der Waals surface area (Å²) in [7, 11) is 0. The molecule has 0 radical (unpaired) electrons. The lowest BCUT2D eigenvalue weighted by molar-refractivity contribution is 0.0744. The van der Waals surface area contributed by atoms with Crippen LogP contribution in [-0.4, -0.2) is 20.5 Å². The highest BCUT2D eigenvalue weighted by molar-refractivity contribution is 6.07. The number of aryl methyl sites for hydroxylation is 3. The number of nitrogens with two attached hydrogens (primary N) is 1. The van der Waals surface area contributed by atoms with Gasteiger partial charge in [-0.05, 0) is 63.9 Å². The average Bonchev–Trinajstić information content (AvgIpc) is 2.94. The van der Waals surface area contributed by atoms with E-state index in [4.69, 9.17) is 5.84 Å². The zero-order valence-electron chi connectivity index (χ0n) is 16.5. The van der Waals surface area contributed by atoms with Crippen LogP contribution in [0.4, 0.5) is 0 Å². The quantitative estimate of drug-likeness (QED) is 0.422. The molecular formula is C21H26N4O2. The molecule has 1 amide bonds. The smallest absolute Gasteiger partial charge is 0.268 e. The summed E-state index contributed by atoms with van der Waals surface area (Å²) in [5.74, 6) is 5.79. The van der Waals surface area contributed by atoms with Crippen LogP contribution in [0.3, 0.4) is 0 Å². The molecule has 6 heteroatoms. The molecule has 27 heavy (non-hydrogen) atoms. The second-order valence-corrected chi connectivity index (χ2v) is 7.39. The maximum Gasteiger partial charge on any atom is 0.268 e. The number of carbonyl (C=O) groups excluding carboxylic acids is 1. The summed E-state index contributed by atoms with van der Waals surface area (Å²) < 4.78 is 2.15. The molecule has 2 aromatic heterocycles. The highest BCUT2D eigenvalue weighted by Crippen LogP contribution is 2.28. The van der Waals surface area contributed by atoms with Crippen molar-refractivity contribution >= 4 is 16.8 Å². The molecule has 6 nitrogen and oxygen atoms in total. The Bertz CT molecular complexity index is 1080. The number of rotatable bonds is 4. The molecule has 142 valence electrons. The predicted octanol–water partition coefficient (Wildman–Crippen LogP) is 3.35. The monoisotopic (exact) mass is 366 g/mol. The lowest BCUT2D eigenvalue weighted by Crippen LogP contribution is -2.39. The van der Waals surface area contributed by atoms with Gasteiger partial charge in [-0.2, -0.15) is 0 Å². The first-order chi connectivity index (χ1) is 12.7. The number of aromatic nitrogens is 2. The van der Waals surface area contributed by atoms with Gasteiger partial charge in [-0.15, -0.1) is 0 Å². The van der Waals surface area contributed by atoms with E-state index in [1.807, 2.05) is 39.0 Å². The lowest BCUT2D eigenvalue weighted by atomic mass is 10.1. The zero-order valence-corrected chi connectivity index (χ0v) is 16.5. The number of benzene rings is 1. The van der Waals surface area contributed by atoms with Crippen LogP contribution in [0, 0.1) is 20.8 Å². The Balaban J connectivity index is 2.00. The SMILES string of the molecule is Cc1cc(C)c(CN(N)C(=O)c2cccc3c2c(C)cn3C(C)C)c(=O)[nH]1. The van der Waals surface area contributed by atoms with E-state index in [0.29, 0.717) is 11.1 Å². The van der Waals surface area contributed by atoms with E-state index >= 15 is 0 Å². The minimum Gasteiger partial charge on any atom is -0.345 e. The van der Waals surface area contributed by atoms with Crippen LogP contribution in [0.15, 0.2) is 35.3 Å². The Morgan fingerprint density at radius 1 is 1.22 bits per heavy atom. The van der Waals surface area contributed by atoms with Crippen molar-refractivity contribution < 1.29 is 4.79 Å². The van der Waals surface area contributed by atoms with Gasteiger partial charge in [0, 0.05) is 34.4 Å². The lowest BCUT2D eigenvalue weighted by Gasteiger charge is -2.18. The van der Waals surface area contributed by atoms with Crippen molar-refractivity contribution in [3.05, 3.63) is 68.8 Å². The number of hydrogen-bond donors (Lipinski definition) is 2. The topological polar surface area (TPSA) is 84.1 Å². The van der Waals surface area contributed by atoms with Gasteiger partial charge in [0.1, 0.15) is 0 Å². The van der Waals surface area contributed by atoms with Gasteiger partial charge in [0.05, 0.1) is 12.1 Å². The summed E-state index contributed by atoms with van der Waals surface area (Å²) >= 11 is 0. The summed E-state index contributed by atoms with van der Waals surface area (Å²) in [5, 5.41) is 2.02. The highest BCUT2D eigenvalue weighted by atomic mass is 16.2. The molecule has 0 aliphatic heterocycles. The summed E-state index contributed by atoms with van der Waals surface area (Å²) in [6.07, 6.45) is 2.06. The Kier molecular flexibility index (Phi) is 4.93. The van der Waals surface area contributed by atoms with Gasteiger partial charge in [0.2, 0.25) is 0 Å². The molecule has 0 spiro atoms. The number of carbonyl (C=O) groups is 1. The fourth-order valence-corrected chi connectivity index (χ4v) is 3.59. The van der Waals surface area contributed by atoms with Gasteiger partial charge in [0.25, 0.3) is 11.5 Å². The molecule has 0 fully saturated rings. The molecule has 0 saturated carbocycles. The Labute approximate surface area is 158 Å². The van der Waals surface area contributed by atoms with Gasteiger partial charge in [-0.1, -0.05) is 6.07 Å². The number of hydrazine groups is 1. The average molecular weight is 366 g/mol. The molecule has 3 aromatic rings. The Morgan fingerprint density at radius 2 is 1.93 bits per heavy atom. The number of aromatic amines is 1. The minimum absolute atomic E-state index is 0.0562. The van der Waals surface area contributed by atoms with Crippen molar-refractivity contribution in [1.82, 2.24) is 14.6 Å². The molecule has 0 bridgehead atoms. The number of hydrogen-bond acceptors (Lipinski definition) is 3. The molecule has 0 unspecified atom stereocenters. The van der Waals surface area contributed by atoms with Gasteiger partial charge < -0.3 is 9.55 Å². The van der Waals surface area contributed by atoms with Crippen molar-refractivity contribution in [3.63, 3.8) is 0 Å². The molecule has 0 saturated heterocycles. The van der Waals surface area contributed by atoms with E-state index in [1.54, 1.807) is 6.07 Å². The Morgan fingerprint density at radius 3 is 2.56 bits per heavy atom. The molecular weight excluding hydrogens is 340 g/mol. The van der Waals surface area contributed by atoms with Gasteiger partial charge in [0.15, 0.2) is 0 Å². The van der Waals surface area contributed by atoms with Crippen LogP contribution in [0.1, 0.15) is 52.6 Å². The third-order valence-electron chi connectivity index (χ3n) is 4.92. The summed E-state index contributed by atoms with van der Waals surface area (Å²) in [5.41, 5.74) is 4.47. The highest BCUT2D eigenvalue weighted by Gasteiger charge is 2.21. The fourth-order valence-electron chi connectivity index (χ4n) is 3.59. The van der Waals surface area contributed by atoms with Crippen molar-refractivity contribution in [2.45, 2.75) is 47.2 Å². The van der Waals surface area contributed by atoms with Crippen molar-refractivity contribution in [1.29, 1.82) is 0 Å². The van der Waals surface area contributed by atoms with Crippen LogP contribution >= 0.6 is 0 Å². The summed E-state index contributed by atoms with van der Waals surface area (Å²) in [6, 6.07) is 7.83. The van der Waals surface area contributed by atoms with E-state index in [0.717, 1.165) is 32.7 Å². The molecule has 0 aliphatic carbocycles. The third-order valence-corrected chi connectivity index (χ3v) is 4.92. The van der Waals surface area contributed by atoms with E-state index < -0.39 is 0 Å². The molecule has 2 heterocycles. The first kappa shape index (κ1) is 18.9. The number of amides is 1. The van der Waals surface area contributed by atoms with E-state index in [1.165, 1.54) is 0 Å². The van der Waals surface area contributed by atoms with Crippen molar-refractivity contribution in [2.24, 2.45) is 5.84 Å². The van der Waals surface area contributed by atoms with Crippen LogP contribution in [0.5, 0.6) is 0 Å². The maximum absolute atomic E-state index is 13.1. The molecule has 1 aromatic carbocycles. The number of pyridine rings is 1. The van der Waals surface area contributed by atoms with Crippen LogP contribution in [-0.2, 0) is 6.54 Å². The van der Waals surface area contributed by atoms with Gasteiger partial charge in [-0.25, -0.2) is 5.84 Å². The minimum atomic E-state index is -0.301.